The number of hydrogen-bond acceptors (Lipinski definition) is 3. The van der Waals surface area contributed by atoms with E-state index in [1.165, 1.54) is 0 Å². The molecule has 1 aliphatic carbocycles. The van der Waals surface area contributed by atoms with Crippen LogP contribution in [0.2, 0.25) is 0 Å². The maximum Gasteiger partial charge on any atom is 0.306 e. The summed E-state index contributed by atoms with van der Waals surface area (Å²) < 4.78 is 0. The summed E-state index contributed by atoms with van der Waals surface area (Å²) in [5.74, 6) is 0.512. The summed E-state index contributed by atoms with van der Waals surface area (Å²) in [5.41, 5.74) is 0. The molecular formula is C11H19NO3S. The summed E-state index contributed by atoms with van der Waals surface area (Å²) >= 11 is 1.62. The van der Waals surface area contributed by atoms with Crippen LogP contribution in [-0.2, 0) is 9.59 Å². The number of carbonyl (C=O) groups excluding carboxylic acids is 1. The Bertz CT molecular complexity index is 258. The van der Waals surface area contributed by atoms with Crippen LogP contribution in [0.25, 0.3) is 0 Å². The molecule has 4 nitrogen and oxygen atoms in total. The Morgan fingerprint density at radius 3 is 2.75 bits per heavy atom. The summed E-state index contributed by atoms with van der Waals surface area (Å²) in [4.78, 5) is 22.2. The largest absolute Gasteiger partial charge is 0.481 e. The number of rotatable bonds is 6. The second-order valence-corrected chi connectivity index (χ2v) is 5.27. The van der Waals surface area contributed by atoms with Gasteiger partial charge in [0.1, 0.15) is 0 Å². The minimum atomic E-state index is -0.739. The fourth-order valence-corrected chi connectivity index (χ4v) is 2.62. The van der Waals surface area contributed by atoms with E-state index in [2.05, 4.69) is 12.2 Å². The lowest BCUT2D eigenvalue weighted by atomic mass is 10.1. The number of aliphatic carboxylic acids is 1. The average molecular weight is 245 g/mol. The van der Waals surface area contributed by atoms with E-state index in [1.54, 1.807) is 11.8 Å². The zero-order valence-electron chi connectivity index (χ0n) is 9.57. The van der Waals surface area contributed by atoms with Gasteiger partial charge < -0.3 is 10.4 Å². The van der Waals surface area contributed by atoms with Crippen LogP contribution in [-0.4, -0.2) is 34.5 Å². The number of nitrogens with one attached hydrogen (secondary N) is 1. The SMILES string of the molecule is CCCSCC(=O)N[C@@H]1CC[C@H](C(=O)O)C1. The van der Waals surface area contributed by atoms with Gasteiger partial charge in [-0.3, -0.25) is 9.59 Å². The Hall–Kier alpha value is -0.710. The lowest BCUT2D eigenvalue weighted by Gasteiger charge is -2.11. The van der Waals surface area contributed by atoms with Crippen molar-refractivity contribution < 1.29 is 14.7 Å². The van der Waals surface area contributed by atoms with Gasteiger partial charge in [0.15, 0.2) is 0 Å². The van der Waals surface area contributed by atoms with Crippen LogP contribution in [0.3, 0.4) is 0 Å². The first kappa shape index (κ1) is 13.4. The van der Waals surface area contributed by atoms with Crippen LogP contribution in [0.15, 0.2) is 0 Å². The molecule has 2 N–H and O–H groups in total. The molecule has 0 radical (unpaired) electrons. The summed E-state index contributed by atoms with van der Waals surface area (Å²) in [7, 11) is 0. The predicted molar refractivity (Wildman–Crippen MR) is 64.5 cm³/mol. The topological polar surface area (TPSA) is 66.4 Å². The maximum atomic E-state index is 11.5. The van der Waals surface area contributed by atoms with E-state index in [0.29, 0.717) is 18.6 Å². The van der Waals surface area contributed by atoms with Gasteiger partial charge in [-0.25, -0.2) is 0 Å². The molecule has 1 aliphatic rings. The second kappa shape index (κ2) is 6.78. The van der Waals surface area contributed by atoms with E-state index in [0.717, 1.165) is 18.6 Å². The van der Waals surface area contributed by atoms with Crippen LogP contribution in [0.5, 0.6) is 0 Å². The highest BCUT2D eigenvalue weighted by molar-refractivity contribution is 7.99. The molecule has 0 unspecified atom stereocenters. The van der Waals surface area contributed by atoms with Crippen LogP contribution in [0.4, 0.5) is 0 Å². The van der Waals surface area contributed by atoms with Gasteiger partial charge >= 0.3 is 5.97 Å². The molecule has 0 aromatic rings. The molecule has 0 aromatic carbocycles. The second-order valence-electron chi connectivity index (χ2n) is 4.17. The molecular weight excluding hydrogens is 226 g/mol. The Morgan fingerprint density at radius 1 is 1.44 bits per heavy atom. The normalized spacial score (nSPS) is 24.3. The molecule has 1 amide bonds. The molecule has 16 heavy (non-hydrogen) atoms. The van der Waals surface area contributed by atoms with E-state index in [1.807, 2.05) is 0 Å². The minimum Gasteiger partial charge on any atom is -0.481 e. The predicted octanol–water partition coefficient (Wildman–Crippen LogP) is 1.50. The standard InChI is InChI=1S/C11H19NO3S/c1-2-5-16-7-10(13)12-9-4-3-8(6-9)11(14)15/h8-9H,2-7H2,1H3,(H,12,13)(H,14,15)/t8-,9+/m0/s1. The number of hydrogen-bond donors (Lipinski definition) is 2. The molecule has 1 fully saturated rings. The van der Waals surface area contributed by atoms with Crippen LogP contribution in [0, 0.1) is 5.92 Å². The zero-order valence-corrected chi connectivity index (χ0v) is 10.4. The third-order valence-electron chi connectivity index (χ3n) is 2.73. The number of carboxylic acids is 1. The van der Waals surface area contributed by atoms with Crippen LogP contribution in [0.1, 0.15) is 32.6 Å². The third-order valence-corrected chi connectivity index (χ3v) is 3.89. The Balaban J connectivity index is 2.18. The molecule has 0 spiro atoms. The molecule has 92 valence electrons. The molecule has 1 saturated carbocycles. The first-order chi connectivity index (χ1) is 7.63. The lowest BCUT2D eigenvalue weighted by molar-refractivity contribution is -0.141. The molecule has 0 aromatic heterocycles. The number of thioether (sulfide) groups is 1. The Kier molecular flexibility index (Phi) is 5.66. The molecule has 2 atom stereocenters. The molecule has 0 aliphatic heterocycles. The van der Waals surface area contributed by atoms with Crippen molar-refractivity contribution >= 4 is 23.6 Å². The highest BCUT2D eigenvalue weighted by atomic mass is 32.2. The van der Waals surface area contributed by atoms with E-state index >= 15 is 0 Å². The monoisotopic (exact) mass is 245 g/mol. The van der Waals surface area contributed by atoms with Gasteiger partial charge in [0, 0.05) is 6.04 Å². The number of carboxylic acid groups (broad SMARTS) is 1. The van der Waals surface area contributed by atoms with Gasteiger partial charge in [-0.1, -0.05) is 6.92 Å². The van der Waals surface area contributed by atoms with Crippen molar-refractivity contribution in [1.82, 2.24) is 5.32 Å². The van der Waals surface area contributed by atoms with E-state index in [-0.39, 0.29) is 17.9 Å². The summed E-state index contributed by atoms with van der Waals surface area (Å²) in [6.45, 7) is 2.08. The van der Waals surface area contributed by atoms with Crippen LogP contribution < -0.4 is 5.32 Å². The fourth-order valence-electron chi connectivity index (χ4n) is 1.92. The smallest absolute Gasteiger partial charge is 0.306 e. The third kappa shape index (κ3) is 4.43. The average Bonchev–Trinajstić information content (AvgIpc) is 2.66. The van der Waals surface area contributed by atoms with Crippen LogP contribution >= 0.6 is 11.8 Å². The minimum absolute atomic E-state index is 0.0366. The number of carbonyl (C=O) groups is 2. The fraction of sp³-hybridized carbons (Fsp3) is 0.818. The Labute approximate surface area is 100 Å². The van der Waals surface area contributed by atoms with E-state index in [4.69, 9.17) is 5.11 Å². The van der Waals surface area contributed by atoms with Crippen molar-refractivity contribution in [3.05, 3.63) is 0 Å². The van der Waals surface area contributed by atoms with Crippen molar-refractivity contribution in [1.29, 1.82) is 0 Å². The van der Waals surface area contributed by atoms with Crippen molar-refractivity contribution in [3.8, 4) is 0 Å². The van der Waals surface area contributed by atoms with E-state index in [9.17, 15) is 9.59 Å². The molecule has 5 heteroatoms. The highest BCUT2D eigenvalue weighted by Gasteiger charge is 2.30. The van der Waals surface area contributed by atoms with Gasteiger partial charge in [0.05, 0.1) is 11.7 Å². The van der Waals surface area contributed by atoms with Gasteiger partial charge in [0.2, 0.25) is 5.91 Å². The quantitative estimate of drug-likeness (QED) is 0.696. The molecule has 0 heterocycles. The molecule has 0 saturated heterocycles. The highest BCUT2D eigenvalue weighted by Crippen LogP contribution is 2.25. The molecule has 0 bridgehead atoms. The molecule has 1 rings (SSSR count). The zero-order chi connectivity index (χ0) is 12.0. The van der Waals surface area contributed by atoms with Gasteiger partial charge in [-0.15, -0.1) is 0 Å². The van der Waals surface area contributed by atoms with E-state index < -0.39 is 5.97 Å². The van der Waals surface area contributed by atoms with Crippen molar-refractivity contribution in [2.24, 2.45) is 5.92 Å². The summed E-state index contributed by atoms with van der Waals surface area (Å²) in [5, 5.41) is 11.7. The first-order valence-corrected chi connectivity index (χ1v) is 6.88. The maximum absolute atomic E-state index is 11.5. The Morgan fingerprint density at radius 2 is 2.19 bits per heavy atom. The van der Waals surface area contributed by atoms with Gasteiger partial charge in [0.25, 0.3) is 0 Å². The summed E-state index contributed by atoms with van der Waals surface area (Å²) in [6, 6.07) is 0.0656. The lowest BCUT2D eigenvalue weighted by Crippen LogP contribution is -2.34. The van der Waals surface area contributed by atoms with Crippen molar-refractivity contribution in [3.63, 3.8) is 0 Å². The van der Waals surface area contributed by atoms with Crippen molar-refractivity contribution in [2.75, 3.05) is 11.5 Å². The van der Waals surface area contributed by atoms with Gasteiger partial charge in [-0.2, -0.15) is 11.8 Å². The first-order valence-electron chi connectivity index (χ1n) is 5.73. The van der Waals surface area contributed by atoms with Crippen molar-refractivity contribution in [2.45, 2.75) is 38.6 Å². The van der Waals surface area contributed by atoms with Gasteiger partial charge in [-0.05, 0) is 31.4 Å². The summed E-state index contributed by atoms with van der Waals surface area (Å²) in [6.07, 6.45) is 3.13. The number of amides is 1.